The maximum absolute atomic E-state index is 10.4. The lowest BCUT2D eigenvalue weighted by atomic mass is 10.2. The van der Waals surface area contributed by atoms with Crippen molar-refractivity contribution >= 4 is 0 Å². The van der Waals surface area contributed by atoms with Crippen molar-refractivity contribution in [1.29, 1.82) is 0 Å². The van der Waals surface area contributed by atoms with Gasteiger partial charge in [0.1, 0.15) is 0 Å². The molecule has 13 heteroatoms. The molecule has 13 nitrogen and oxygen atoms in total. The molecule has 0 unspecified atom stereocenters. The predicted octanol–water partition coefficient (Wildman–Crippen LogP) is -1.32. The first-order valence-electron chi connectivity index (χ1n) is 4.01. The molecular weight excluding hydrogens is 246 g/mol. The molecule has 0 aliphatic rings. The number of hydrogen-bond acceptors (Lipinski definition) is 9. The van der Waals surface area contributed by atoms with Gasteiger partial charge in [0.05, 0.1) is 0 Å². The van der Waals surface area contributed by atoms with Gasteiger partial charge >= 0.3 is 5.79 Å². The highest BCUT2D eigenvalue weighted by atomic mass is 16.7. The Bertz CT molecular complexity index is 318. The van der Waals surface area contributed by atoms with Crippen LogP contribution in [0.5, 0.6) is 0 Å². The molecule has 0 aliphatic heterocycles. The smallest absolute Gasteiger partial charge is 0.263 e. The summed E-state index contributed by atoms with van der Waals surface area (Å²) in [5, 5.41) is 43.0. The van der Waals surface area contributed by atoms with Gasteiger partial charge in [-0.25, -0.2) is 0 Å². The van der Waals surface area contributed by atoms with Crippen LogP contribution in [0.25, 0.3) is 0 Å². The van der Waals surface area contributed by atoms with Crippen LogP contribution in [0.3, 0.4) is 0 Å². The molecule has 0 atom stereocenters. The monoisotopic (exact) mass is 253 g/mol. The molecule has 0 aromatic carbocycles. The number of nitrogens with zero attached hydrogens (tertiary/aromatic N) is 4. The van der Waals surface area contributed by atoms with E-state index in [0.29, 0.717) is 0 Å². The predicted molar refractivity (Wildman–Crippen MR) is 48.2 cm³/mol. The summed E-state index contributed by atoms with van der Waals surface area (Å²) in [6.45, 7) is -1.41. The Labute approximate surface area is 92.0 Å². The van der Waals surface area contributed by atoms with Crippen molar-refractivity contribution in [3.63, 3.8) is 0 Å². The lowest BCUT2D eigenvalue weighted by Gasteiger charge is -2.08. The minimum Gasteiger partial charge on any atom is -0.263 e. The Hall–Kier alpha value is -2.44. The van der Waals surface area contributed by atoms with E-state index in [0.717, 1.165) is 0 Å². The van der Waals surface area contributed by atoms with Crippen LogP contribution in [-0.2, 0) is 0 Å². The quantitative estimate of drug-likeness (QED) is 0.237. The highest BCUT2D eigenvalue weighted by Gasteiger charge is 2.69. The van der Waals surface area contributed by atoms with Gasteiger partial charge < -0.3 is 0 Å². The van der Waals surface area contributed by atoms with Crippen molar-refractivity contribution in [2.45, 2.75) is 12.2 Å². The molecule has 0 bridgehead atoms. The van der Waals surface area contributed by atoms with Crippen LogP contribution in [0.15, 0.2) is 0 Å². The minimum atomic E-state index is -3.58. The van der Waals surface area contributed by atoms with Gasteiger partial charge in [-0.1, -0.05) is 0 Å². The normalized spacial score (nSPS) is 10.8. The lowest BCUT2D eigenvalue weighted by molar-refractivity contribution is -0.970. The largest absolute Gasteiger partial charge is 0.701 e. The topological polar surface area (TPSA) is 185 Å². The van der Waals surface area contributed by atoms with Gasteiger partial charge in [-0.2, -0.15) is 0 Å². The third-order valence-electron chi connectivity index (χ3n) is 1.76. The standard InChI is InChI=1S/C4H7N5O8/c10-6(11)3-5-2-1-4(7(12)13,8(14)15)9(16)17/h5H,1-3H2. The highest BCUT2D eigenvalue weighted by molar-refractivity contribution is 4.56. The van der Waals surface area contributed by atoms with Crippen LogP contribution in [0.4, 0.5) is 0 Å². The average Bonchev–Trinajstić information content (AvgIpc) is 2.15. The molecule has 0 saturated carbocycles. The second-order valence-corrected chi connectivity index (χ2v) is 2.79. The zero-order chi connectivity index (χ0) is 13.6. The number of hydrogen-bond donors (Lipinski definition) is 1. The van der Waals surface area contributed by atoms with E-state index in [4.69, 9.17) is 0 Å². The summed E-state index contributed by atoms with van der Waals surface area (Å²) in [6, 6.07) is 0. The number of nitro groups is 4. The van der Waals surface area contributed by atoms with Crippen molar-refractivity contribution in [2.24, 2.45) is 0 Å². The summed E-state index contributed by atoms with van der Waals surface area (Å²) in [4.78, 5) is 35.3. The molecule has 96 valence electrons. The van der Waals surface area contributed by atoms with E-state index >= 15 is 0 Å². The van der Waals surface area contributed by atoms with Crippen LogP contribution in [-0.4, -0.2) is 38.7 Å². The minimum absolute atomic E-state index is 0.607. The molecule has 0 rings (SSSR count). The van der Waals surface area contributed by atoms with Crippen molar-refractivity contribution in [3.05, 3.63) is 40.5 Å². The summed E-state index contributed by atoms with van der Waals surface area (Å²) >= 11 is 0. The molecule has 0 aromatic rings. The Morgan fingerprint density at radius 2 is 1.29 bits per heavy atom. The van der Waals surface area contributed by atoms with Crippen LogP contribution in [0, 0.1) is 40.5 Å². The van der Waals surface area contributed by atoms with Crippen LogP contribution in [0.1, 0.15) is 6.42 Å². The van der Waals surface area contributed by atoms with Gasteiger partial charge in [-0.3, -0.25) is 45.8 Å². The van der Waals surface area contributed by atoms with E-state index in [-0.39, 0.29) is 0 Å². The van der Waals surface area contributed by atoms with Crippen molar-refractivity contribution in [1.82, 2.24) is 5.32 Å². The van der Waals surface area contributed by atoms with Crippen molar-refractivity contribution in [2.75, 3.05) is 13.2 Å². The second-order valence-electron chi connectivity index (χ2n) is 2.79. The second kappa shape index (κ2) is 5.59. The molecule has 1 N–H and O–H groups in total. The molecule has 0 amide bonds. The molecular formula is C4H7N5O8. The fourth-order valence-corrected chi connectivity index (χ4v) is 0.900. The first kappa shape index (κ1) is 14.6. The summed E-state index contributed by atoms with van der Waals surface area (Å²) in [5.74, 6) is -3.58. The maximum Gasteiger partial charge on any atom is 0.701 e. The molecule has 17 heavy (non-hydrogen) atoms. The van der Waals surface area contributed by atoms with Gasteiger partial charge in [0.25, 0.3) is 6.67 Å². The number of rotatable bonds is 8. The van der Waals surface area contributed by atoms with Gasteiger partial charge in [-0.05, 0) is 0 Å². The van der Waals surface area contributed by atoms with Crippen molar-refractivity contribution < 1.29 is 19.7 Å². The molecule has 0 aliphatic carbocycles. The van der Waals surface area contributed by atoms with Gasteiger partial charge in [0.15, 0.2) is 21.2 Å². The van der Waals surface area contributed by atoms with Crippen LogP contribution in [0.2, 0.25) is 0 Å². The third kappa shape index (κ3) is 3.26. The average molecular weight is 253 g/mol. The van der Waals surface area contributed by atoms with Gasteiger partial charge in [-0.15, -0.1) is 0 Å². The fourth-order valence-electron chi connectivity index (χ4n) is 0.900. The summed E-state index contributed by atoms with van der Waals surface area (Å²) in [6.07, 6.45) is -1.10. The fraction of sp³-hybridized carbons (Fsp3) is 1.00. The van der Waals surface area contributed by atoms with E-state index in [9.17, 15) is 40.5 Å². The molecule has 0 fully saturated rings. The van der Waals surface area contributed by atoms with Gasteiger partial charge in [0, 0.05) is 11.5 Å². The van der Waals surface area contributed by atoms with E-state index in [1.54, 1.807) is 0 Å². The first-order chi connectivity index (χ1) is 7.75. The Balaban J connectivity index is 4.72. The highest BCUT2D eigenvalue weighted by Crippen LogP contribution is 2.16. The van der Waals surface area contributed by atoms with E-state index in [1.165, 1.54) is 0 Å². The third-order valence-corrected chi connectivity index (χ3v) is 1.76. The zero-order valence-electron chi connectivity index (χ0n) is 8.18. The molecule has 0 aromatic heterocycles. The van der Waals surface area contributed by atoms with E-state index in [1.807, 2.05) is 5.32 Å². The molecule has 0 spiro atoms. The lowest BCUT2D eigenvalue weighted by Crippen LogP contribution is -2.54. The maximum atomic E-state index is 10.4. The van der Waals surface area contributed by atoms with Gasteiger partial charge in [0.2, 0.25) is 0 Å². The Morgan fingerprint density at radius 3 is 1.59 bits per heavy atom. The first-order valence-corrected chi connectivity index (χ1v) is 4.01. The summed E-state index contributed by atoms with van der Waals surface area (Å²) < 4.78 is 0. The van der Waals surface area contributed by atoms with E-state index < -0.39 is 45.1 Å². The van der Waals surface area contributed by atoms with E-state index in [2.05, 4.69) is 0 Å². The Kier molecular flexibility index (Phi) is 4.79. The summed E-state index contributed by atoms with van der Waals surface area (Å²) in [5.41, 5.74) is 0. The SMILES string of the molecule is O=[N+]([O-])CNCCC([N+](=O)[O-])([N+](=O)[O-])[N+](=O)[O-]. The summed E-state index contributed by atoms with van der Waals surface area (Å²) in [7, 11) is 0. The zero-order valence-corrected chi connectivity index (χ0v) is 8.18. The number of nitrogens with one attached hydrogen (secondary N) is 1. The molecule has 0 saturated heterocycles. The van der Waals surface area contributed by atoms with Crippen LogP contribution >= 0.6 is 0 Å². The Morgan fingerprint density at radius 1 is 0.882 bits per heavy atom. The van der Waals surface area contributed by atoms with Crippen LogP contribution < -0.4 is 5.32 Å². The molecule has 0 radical (unpaired) electrons. The van der Waals surface area contributed by atoms with Crippen molar-refractivity contribution in [3.8, 4) is 0 Å². The molecule has 0 heterocycles.